The van der Waals surface area contributed by atoms with E-state index in [0.717, 1.165) is 24.0 Å². The number of nitrogens with zero attached hydrogens (tertiary/aromatic N) is 1. The van der Waals surface area contributed by atoms with Crippen LogP contribution in [-0.4, -0.2) is 46.2 Å². The molecule has 1 aliphatic carbocycles. The van der Waals surface area contributed by atoms with Crippen molar-refractivity contribution in [2.75, 3.05) is 34.6 Å². The first-order chi connectivity index (χ1) is 14.2. The van der Waals surface area contributed by atoms with Crippen molar-refractivity contribution in [3.63, 3.8) is 0 Å². The first-order valence-electron chi connectivity index (χ1n) is 9.81. The summed E-state index contributed by atoms with van der Waals surface area (Å²) in [5.74, 6) is 1.17. The lowest BCUT2D eigenvalue weighted by Crippen LogP contribution is -2.33. The van der Waals surface area contributed by atoms with Crippen LogP contribution in [0.1, 0.15) is 28.7 Å². The van der Waals surface area contributed by atoms with Gasteiger partial charge in [-0.3, -0.25) is 9.79 Å². The molecule has 3 rings (SSSR count). The van der Waals surface area contributed by atoms with E-state index in [4.69, 9.17) is 14.2 Å². The summed E-state index contributed by atoms with van der Waals surface area (Å²) in [6.07, 6.45) is 4.01. The molecule has 0 fully saturated rings. The molecule has 0 aromatic heterocycles. The Bertz CT molecular complexity index is 892. The SMILES string of the molecule is COCN=C(C(=O)NCCc1ccc(OC)c(OC)c1)c1ccc2c(c1)CCC2. The topological polar surface area (TPSA) is 69.2 Å². The first-order valence-corrected chi connectivity index (χ1v) is 9.81. The van der Waals surface area contributed by atoms with Crippen LogP contribution in [0.15, 0.2) is 41.4 Å². The lowest BCUT2D eigenvalue weighted by Gasteiger charge is -2.12. The van der Waals surface area contributed by atoms with Gasteiger partial charge in [0.25, 0.3) is 5.91 Å². The number of aryl methyl sites for hydroxylation is 2. The molecule has 0 unspecified atom stereocenters. The molecule has 0 saturated heterocycles. The second kappa shape index (κ2) is 10.1. The number of rotatable bonds is 9. The Morgan fingerprint density at radius 2 is 1.79 bits per heavy atom. The largest absolute Gasteiger partial charge is 0.493 e. The summed E-state index contributed by atoms with van der Waals surface area (Å²) in [6, 6.07) is 11.9. The van der Waals surface area contributed by atoms with Crippen molar-refractivity contribution < 1.29 is 19.0 Å². The summed E-state index contributed by atoms with van der Waals surface area (Å²) in [4.78, 5) is 17.2. The minimum Gasteiger partial charge on any atom is -0.493 e. The van der Waals surface area contributed by atoms with E-state index in [1.165, 1.54) is 17.5 Å². The van der Waals surface area contributed by atoms with E-state index >= 15 is 0 Å². The van der Waals surface area contributed by atoms with Gasteiger partial charge in [0.1, 0.15) is 12.4 Å². The maximum absolute atomic E-state index is 12.8. The molecule has 0 bridgehead atoms. The Morgan fingerprint density at radius 1 is 1.00 bits per heavy atom. The van der Waals surface area contributed by atoms with E-state index in [1.807, 2.05) is 24.3 Å². The summed E-state index contributed by atoms with van der Waals surface area (Å²) in [7, 11) is 4.79. The molecule has 1 amide bonds. The molecule has 0 saturated carbocycles. The Balaban J connectivity index is 1.66. The van der Waals surface area contributed by atoms with Crippen LogP contribution in [0.4, 0.5) is 0 Å². The summed E-state index contributed by atoms with van der Waals surface area (Å²) in [5, 5.41) is 2.98. The number of hydrogen-bond acceptors (Lipinski definition) is 5. The number of carbonyl (C=O) groups excluding carboxylic acids is 1. The normalized spacial score (nSPS) is 13.1. The van der Waals surface area contributed by atoms with Crippen molar-refractivity contribution in [1.29, 1.82) is 0 Å². The Hall–Kier alpha value is -2.86. The molecule has 2 aromatic carbocycles. The number of carbonyl (C=O) groups is 1. The van der Waals surface area contributed by atoms with Crippen LogP contribution >= 0.6 is 0 Å². The smallest absolute Gasteiger partial charge is 0.270 e. The average Bonchev–Trinajstić information content (AvgIpc) is 3.22. The quantitative estimate of drug-likeness (QED) is 0.662. The predicted octanol–water partition coefficient (Wildman–Crippen LogP) is 2.94. The van der Waals surface area contributed by atoms with Gasteiger partial charge in [-0.1, -0.05) is 18.2 Å². The standard InChI is InChI=1S/C23H28N2O4/c1-27-15-25-22(19-9-8-17-5-4-6-18(17)14-19)23(26)24-12-11-16-7-10-20(28-2)21(13-16)29-3/h7-10,13-14H,4-6,11-12,15H2,1-3H3,(H,24,26). The molecule has 154 valence electrons. The Kier molecular flexibility index (Phi) is 7.25. The van der Waals surface area contributed by atoms with Crippen molar-refractivity contribution in [3.8, 4) is 11.5 Å². The molecular weight excluding hydrogens is 368 g/mol. The molecule has 0 atom stereocenters. The van der Waals surface area contributed by atoms with Crippen LogP contribution < -0.4 is 14.8 Å². The van der Waals surface area contributed by atoms with Crippen LogP contribution in [0, 0.1) is 0 Å². The van der Waals surface area contributed by atoms with Crippen LogP contribution in [0.3, 0.4) is 0 Å². The molecule has 6 nitrogen and oxygen atoms in total. The highest BCUT2D eigenvalue weighted by atomic mass is 16.5. The minimum atomic E-state index is -0.194. The summed E-state index contributed by atoms with van der Waals surface area (Å²) >= 11 is 0. The van der Waals surface area contributed by atoms with E-state index in [2.05, 4.69) is 22.4 Å². The molecule has 0 spiro atoms. The lowest BCUT2D eigenvalue weighted by atomic mass is 10.0. The number of aliphatic imine (C=N–C) groups is 1. The highest BCUT2D eigenvalue weighted by Gasteiger charge is 2.17. The van der Waals surface area contributed by atoms with Gasteiger partial charge in [0.15, 0.2) is 11.5 Å². The molecule has 29 heavy (non-hydrogen) atoms. The zero-order chi connectivity index (χ0) is 20.6. The van der Waals surface area contributed by atoms with Crippen molar-refractivity contribution in [1.82, 2.24) is 5.32 Å². The van der Waals surface area contributed by atoms with E-state index in [0.29, 0.717) is 30.2 Å². The van der Waals surface area contributed by atoms with Crippen LogP contribution in [0.5, 0.6) is 11.5 Å². The van der Waals surface area contributed by atoms with Crippen LogP contribution in [0.25, 0.3) is 0 Å². The second-order valence-electron chi connectivity index (χ2n) is 6.96. The van der Waals surface area contributed by atoms with Crippen LogP contribution in [0.2, 0.25) is 0 Å². The predicted molar refractivity (Wildman–Crippen MR) is 113 cm³/mol. The average molecular weight is 396 g/mol. The first kappa shape index (κ1) is 20.9. The maximum Gasteiger partial charge on any atom is 0.270 e. The van der Waals surface area contributed by atoms with E-state index < -0.39 is 0 Å². The highest BCUT2D eigenvalue weighted by Crippen LogP contribution is 2.27. The second-order valence-corrected chi connectivity index (χ2v) is 6.96. The van der Waals surface area contributed by atoms with Crippen LogP contribution in [-0.2, 0) is 28.8 Å². The highest BCUT2D eigenvalue weighted by molar-refractivity contribution is 6.45. The van der Waals surface area contributed by atoms with E-state index in [1.54, 1.807) is 21.3 Å². The van der Waals surface area contributed by atoms with Gasteiger partial charge < -0.3 is 19.5 Å². The monoisotopic (exact) mass is 396 g/mol. The number of ether oxygens (including phenoxy) is 3. The third-order valence-electron chi connectivity index (χ3n) is 5.09. The molecule has 2 aromatic rings. The number of hydrogen-bond donors (Lipinski definition) is 1. The van der Waals surface area contributed by atoms with E-state index in [9.17, 15) is 4.79 Å². The number of nitrogens with one attached hydrogen (secondary N) is 1. The zero-order valence-corrected chi connectivity index (χ0v) is 17.3. The molecule has 0 heterocycles. The van der Waals surface area contributed by atoms with Gasteiger partial charge in [-0.2, -0.15) is 0 Å². The molecular formula is C23H28N2O4. The summed E-state index contributed by atoms with van der Waals surface area (Å²) < 4.78 is 15.7. The fourth-order valence-corrected chi connectivity index (χ4v) is 3.58. The fourth-order valence-electron chi connectivity index (χ4n) is 3.58. The number of fused-ring (bicyclic) bond motifs is 1. The van der Waals surface area contributed by atoms with Gasteiger partial charge in [0.05, 0.1) is 14.2 Å². The van der Waals surface area contributed by atoms with Gasteiger partial charge in [-0.25, -0.2) is 0 Å². The van der Waals surface area contributed by atoms with Crippen molar-refractivity contribution >= 4 is 11.6 Å². The van der Waals surface area contributed by atoms with Gasteiger partial charge >= 0.3 is 0 Å². The van der Waals surface area contributed by atoms with Crippen molar-refractivity contribution in [2.45, 2.75) is 25.7 Å². The van der Waals surface area contributed by atoms with Gasteiger partial charge in [-0.05, 0) is 60.6 Å². The summed E-state index contributed by atoms with van der Waals surface area (Å²) in [6.45, 7) is 0.640. The van der Waals surface area contributed by atoms with E-state index in [-0.39, 0.29) is 12.6 Å². The number of benzene rings is 2. The third-order valence-corrected chi connectivity index (χ3v) is 5.09. The fraction of sp³-hybridized carbons (Fsp3) is 0.391. The number of amides is 1. The van der Waals surface area contributed by atoms with Gasteiger partial charge in [0.2, 0.25) is 0 Å². The molecule has 0 aliphatic heterocycles. The minimum absolute atomic E-state index is 0.148. The molecule has 1 aliphatic rings. The summed E-state index contributed by atoms with van der Waals surface area (Å²) in [5.41, 5.74) is 4.98. The van der Waals surface area contributed by atoms with Gasteiger partial charge in [-0.15, -0.1) is 0 Å². The van der Waals surface area contributed by atoms with Crippen molar-refractivity contribution in [3.05, 3.63) is 58.7 Å². The molecule has 1 N–H and O–H groups in total. The lowest BCUT2D eigenvalue weighted by molar-refractivity contribution is -0.114. The molecule has 0 radical (unpaired) electrons. The van der Waals surface area contributed by atoms with Crippen molar-refractivity contribution in [2.24, 2.45) is 4.99 Å². The third kappa shape index (κ3) is 5.15. The molecule has 6 heteroatoms. The maximum atomic E-state index is 12.8. The number of methoxy groups -OCH3 is 3. The van der Waals surface area contributed by atoms with Gasteiger partial charge in [0, 0.05) is 19.2 Å². The Labute approximate surface area is 171 Å². The zero-order valence-electron chi connectivity index (χ0n) is 17.3. The Morgan fingerprint density at radius 3 is 2.55 bits per heavy atom.